The van der Waals surface area contributed by atoms with Gasteiger partial charge in [0.15, 0.2) is 0 Å². The first-order valence-corrected chi connectivity index (χ1v) is 7.17. The molecule has 0 heterocycles. The van der Waals surface area contributed by atoms with Crippen LogP contribution in [-0.2, 0) is 0 Å². The summed E-state index contributed by atoms with van der Waals surface area (Å²) in [6.45, 7) is 0.981. The number of nitrogens with one attached hydrogen (secondary N) is 1. The van der Waals surface area contributed by atoms with Crippen LogP contribution in [0.1, 0.15) is 10.4 Å². The monoisotopic (exact) mass is 349 g/mol. The summed E-state index contributed by atoms with van der Waals surface area (Å²) in [5, 5.41) is 3.13. The van der Waals surface area contributed by atoms with Crippen molar-refractivity contribution in [2.75, 3.05) is 24.2 Å². The van der Waals surface area contributed by atoms with E-state index in [2.05, 4.69) is 21.2 Å². The number of benzene rings is 2. The molecule has 0 aliphatic rings. The fraction of sp³-hybridized carbons (Fsp3) is 0.133. The molecule has 5 nitrogen and oxygen atoms in total. The number of halogens is 1. The summed E-state index contributed by atoms with van der Waals surface area (Å²) in [6, 6.07) is 12.5. The van der Waals surface area contributed by atoms with Gasteiger partial charge in [0.25, 0.3) is 5.91 Å². The number of rotatable bonds is 6. The lowest BCUT2D eigenvalue weighted by Gasteiger charge is -2.11. The third-order valence-electron chi connectivity index (χ3n) is 2.79. The van der Waals surface area contributed by atoms with Crippen molar-refractivity contribution in [2.24, 2.45) is 5.73 Å². The van der Waals surface area contributed by atoms with E-state index in [0.29, 0.717) is 35.8 Å². The van der Waals surface area contributed by atoms with Gasteiger partial charge in [0.1, 0.15) is 12.4 Å². The highest BCUT2D eigenvalue weighted by Crippen LogP contribution is 2.20. The molecule has 0 bridgehead atoms. The third kappa shape index (κ3) is 4.39. The van der Waals surface area contributed by atoms with Gasteiger partial charge in [-0.1, -0.05) is 22.0 Å². The first-order chi connectivity index (χ1) is 10.1. The minimum Gasteiger partial charge on any atom is -0.492 e. The number of ether oxygens (including phenoxy) is 1. The molecule has 0 aliphatic carbocycles. The van der Waals surface area contributed by atoms with Gasteiger partial charge in [0.2, 0.25) is 0 Å². The predicted molar refractivity (Wildman–Crippen MR) is 87.5 cm³/mol. The number of amides is 1. The maximum atomic E-state index is 11.4. The highest BCUT2D eigenvalue weighted by atomic mass is 79.9. The lowest BCUT2D eigenvalue weighted by molar-refractivity contribution is 0.100. The molecule has 0 atom stereocenters. The van der Waals surface area contributed by atoms with Gasteiger partial charge in [0.05, 0.1) is 5.56 Å². The van der Waals surface area contributed by atoms with E-state index in [1.165, 1.54) is 0 Å². The lowest BCUT2D eigenvalue weighted by Crippen LogP contribution is -2.17. The Morgan fingerprint density at radius 1 is 1.24 bits per heavy atom. The van der Waals surface area contributed by atoms with E-state index in [9.17, 15) is 4.79 Å². The van der Waals surface area contributed by atoms with Crippen molar-refractivity contribution in [1.29, 1.82) is 0 Å². The van der Waals surface area contributed by atoms with Gasteiger partial charge in [-0.3, -0.25) is 4.79 Å². The Balaban J connectivity index is 1.90. The van der Waals surface area contributed by atoms with Crippen molar-refractivity contribution in [3.05, 3.63) is 52.5 Å². The number of carbonyl (C=O) groups is 1. The van der Waals surface area contributed by atoms with Gasteiger partial charge in [-0.05, 0) is 30.3 Å². The van der Waals surface area contributed by atoms with Crippen molar-refractivity contribution in [3.63, 3.8) is 0 Å². The second-order valence-corrected chi connectivity index (χ2v) is 5.32. The minimum atomic E-state index is -0.476. The van der Waals surface area contributed by atoms with Gasteiger partial charge in [-0.15, -0.1) is 0 Å². The topological polar surface area (TPSA) is 90.4 Å². The van der Waals surface area contributed by atoms with E-state index >= 15 is 0 Å². The molecule has 21 heavy (non-hydrogen) atoms. The number of nitrogens with two attached hydrogens (primary N) is 2. The molecule has 0 spiro atoms. The standard InChI is InChI=1S/C15H16BrN3O2/c16-10-4-5-14(13(8-10)15(18)20)19-6-7-21-12-3-1-2-11(17)9-12/h1-5,8-9,19H,6-7,17H2,(H2,18,20). The number of primary amides is 1. The molecule has 0 aromatic heterocycles. The second kappa shape index (κ2) is 6.99. The highest BCUT2D eigenvalue weighted by Gasteiger charge is 2.08. The fourth-order valence-corrected chi connectivity index (χ4v) is 2.19. The van der Waals surface area contributed by atoms with Crippen LogP contribution in [0.25, 0.3) is 0 Å². The van der Waals surface area contributed by atoms with E-state index in [1.807, 2.05) is 18.2 Å². The minimum absolute atomic E-state index is 0.438. The predicted octanol–water partition coefficient (Wildman–Crippen LogP) is 2.62. The van der Waals surface area contributed by atoms with Crippen LogP contribution >= 0.6 is 15.9 Å². The van der Waals surface area contributed by atoms with Crippen molar-refractivity contribution < 1.29 is 9.53 Å². The Labute approximate surface area is 131 Å². The Morgan fingerprint density at radius 2 is 2.05 bits per heavy atom. The maximum absolute atomic E-state index is 11.4. The quantitative estimate of drug-likeness (QED) is 0.552. The van der Waals surface area contributed by atoms with Crippen LogP contribution in [0.4, 0.5) is 11.4 Å². The van der Waals surface area contributed by atoms with E-state index in [0.717, 1.165) is 4.47 Å². The van der Waals surface area contributed by atoms with Crippen LogP contribution in [0.15, 0.2) is 46.9 Å². The molecule has 0 saturated heterocycles. The number of hydrogen-bond acceptors (Lipinski definition) is 4. The molecule has 2 aromatic rings. The molecule has 0 radical (unpaired) electrons. The second-order valence-electron chi connectivity index (χ2n) is 4.40. The van der Waals surface area contributed by atoms with E-state index in [4.69, 9.17) is 16.2 Å². The summed E-state index contributed by atoms with van der Waals surface area (Å²) in [7, 11) is 0. The zero-order chi connectivity index (χ0) is 15.2. The third-order valence-corrected chi connectivity index (χ3v) is 3.28. The molecular formula is C15H16BrN3O2. The summed E-state index contributed by atoms with van der Waals surface area (Å²) in [6.07, 6.45) is 0. The summed E-state index contributed by atoms with van der Waals surface area (Å²) in [5.74, 6) is 0.235. The molecule has 2 aromatic carbocycles. The molecule has 0 unspecified atom stereocenters. The van der Waals surface area contributed by atoms with Crippen molar-refractivity contribution in [2.45, 2.75) is 0 Å². The SMILES string of the molecule is NC(=O)c1cc(Br)ccc1NCCOc1cccc(N)c1. The maximum Gasteiger partial charge on any atom is 0.250 e. The number of carbonyl (C=O) groups excluding carboxylic acids is 1. The number of anilines is 2. The number of nitrogen functional groups attached to an aromatic ring is 1. The fourth-order valence-electron chi connectivity index (χ4n) is 1.83. The van der Waals surface area contributed by atoms with Crippen molar-refractivity contribution in [1.82, 2.24) is 0 Å². The Morgan fingerprint density at radius 3 is 2.76 bits per heavy atom. The largest absolute Gasteiger partial charge is 0.492 e. The first-order valence-electron chi connectivity index (χ1n) is 6.38. The molecule has 110 valence electrons. The smallest absolute Gasteiger partial charge is 0.250 e. The van der Waals surface area contributed by atoms with Crippen LogP contribution in [0, 0.1) is 0 Å². The van der Waals surface area contributed by atoms with Crippen LogP contribution < -0.4 is 21.5 Å². The summed E-state index contributed by atoms with van der Waals surface area (Å²) >= 11 is 3.31. The molecule has 0 fully saturated rings. The highest BCUT2D eigenvalue weighted by molar-refractivity contribution is 9.10. The molecule has 2 rings (SSSR count). The molecule has 0 aliphatic heterocycles. The van der Waals surface area contributed by atoms with Crippen LogP contribution in [0.3, 0.4) is 0 Å². The van der Waals surface area contributed by atoms with Gasteiger partial charge < -0.3 is 21.5 Å². The Kier molecular flexibility index (Phi) is 5.05. The lowest BCUT2D eigenvalue weighted by atomic mass is 10.1. The Hall–Kier alpha value is -2.21. The molecule has 1 amide bonds. The van der Waals surface area contributed by atoms with Gasteiger partial charge in [-0.2, -0.15) is 0 Å². The van der Waals surface area contributed by atoms with Crippen LogP contribution in [0.5, 0.6) is 5.75 Å². The van der Waals surface area contributed by atoms with Crippen molar-refractivity contribution >= 4 is 33.2 Å². The zero-order valence-corrected chi connectivity index (χ0v) is 12.9. The van der Waals surface area contributed by atoms with Crippen molar-refractivity contribution in [3.8, 4) is 5.75 Å². The molecular weight excluding hydrogens is 334 g/mol. The normalized spacial score (nSPS) is 10.1. The molecule has 0 saturated carbocycles. The number of hydrogen-bond donors (Lipinski definition) is 3. The summed E-state index contributed by atoms with van der Waals surface area (Å²) in [5.41, 5.74) is 12.8. The average Bonchev–Trinajstić information content (AvgIpc) is 2.44. The van der Waals surface area contributed by atoms with E-state index < -0.39 is 5.91 Å². The zero-order valence-electron chi connectivity index (χ0n) is 11.3. The summed E-state index contributed by atoms with van der Waals surface area (Å²) in [4.78, 5) is 11.4. The first kappa shape index (κ1) is 15.2. The molecule has 6 heteroatoms. The van der Waals surface area contributed by atoms with Crippen LogP contribution in [-0.4, -0.2) is 19.1 Å². The van der Waals surface area contributed by atoms with E-state index in [1.54, 1.807) is 24.3 Å². The summed E-state index contributed by atoms with van der Waals surface area (Å²) < 4.78 is 6.37. The average molecular weight is 350 g/mol. The molecule has 5 N–H and O–H groups in total. The van der Waals surface area contributed by atoms with Gasteiger partial charge in [0, 0.05) is 28.5 Å². The Bertz CT molecular complexity index is 647. The van der Waals surface area contributed by atoms with Gasteiger partial charge >= 0.3 is 0 Å². The van der Waals surface area contributed by atoms with E-state index in [-0.39, 0.29) is 0 Å². The van der Waals surface area contributed by atoms with Gasteiger partial charge in [-0.25, -0.2) is 0 Å². The van der Waals surface area contributed by atoms with Crippen LogP contribution in [0.2, 0.25) is 0 Å².